The van der Waals surface area contributed by atoms with Crippen LogP contribution >= 0.6 is 0 Å². The first-order valence-electron chi connectivity index (χ1n) is 6.54. The van der Waals surface area contributed by atoms with Crippen LogP contribution in [0.2, 0.25) is 0 Å². The summed E-state index contributed by atoms with van der Waals surface area (Å²) in [5, 5.41) is 0. The second-order valence-corrected chi connectivity index (χ2v) is 4.24. The number of hydrogen-bond donors (Lipinski definition) is 0. The van der Waals surface area contributed by atoms with E-state index in [-0.39, 0.29) is 5.78 Å². The Hall–Kier alpha value is -2.56. The van der Waals surface area contributed by atoms with Crippen LogP contribution in [0.15, 0.2) is 36.7 Å². The average molecular weight is 287 g/mol. The molecule has 0 spiro atoms. The molecule has 0 saturated heterocycles. The van der Waals surface area contributed by atoms with Crippen molar-refractivity contribution in [2.45, 2.75) is 6.92 Å². The van der Waals surface area contributed by atoms with Gasteiger partial charge in [0.05, 0.1) is 32.6 Å². The number of aromatic nitrogens is 1. The van der Waals surface area contributed by atoms with Gasteiger partial charge in [0, 0.05) is 17.8 Å². The van der Waals surface area contributed by atoms with Gasteiger partial charge in [-0.15, -0.1) is 0 Å². The third-order valence-corrected chi connectivity index (χ3v) is 2.94. The van der Waals surface area contributed by atoms with E-state index in [1.54, 1.807) is 37.6 Å². The zero-order valence-corrected chi connectivity index (χ0v) is 12.3. The minimum Gasteiger partial charge on any atom is -0.497 e. The fraction of sp³-hybridized carbons (Fsp3) is 0.250. The summed E-state index contributed by atoms with van der Waals surface area (Å²) in [5.41, 5.74) is 0.901. The Bertz CT molecular complexity index is 640. The number of hydrogen-bond acceptors (Lipinski definition) is 5. The van der Waals surface area contributed by atoms with Crippen LogP contribution in [0.4, 0.5) is 0 Å². The van der Waals surface area contributed by atoms with Gasteiger partial charge in [-0.1, -0.05) is 0 Å². The Labute approximate surface area is 123 Å². The molecule has 5 heteroatoms. The molecule has 0 N–H and O–H groups in total. The zero-order valence-electron chi connectivity index (χ0n) is 12.3. The summed E-state index contributed by atoms with van der Waals surface area (Å²) in [5.74, 6) is 1.48. The van der Waals surface area contributed by atoms with E-state index in [0.29, 0.717) is 35.0 Å². The molecule has 0 unspecified atom stereocenters. The van der Waals surface area contributed by atoms with E-state index in [1.807, 2.05) is 6.92 Å². The van der Waals surface area contributed by atoms with Crippen LogP contribution in [-0.2, 0) is 0 Å². The molecule has 0 bridgehead atoms. The molecule has 5 nitrogen and oxygen atoms in total. The number of methoxy groups -OCH3 is 2. The van der Waals surface area contributed by atoms with E-state index in [2.05, 4.69) is 4.98 Å². The molecular weight excluding hydrogens is 270 g/mol. The maximum absolute atomic E-state index is 12.6. The van der Waals surface area contributed by atoms with Gasteiger partial charge in [0.25, 0.3) is 0 Å². The summed E-state index contributed by atoms with van der Waals surface area (Å²) in [6.45, 7) is 2.40. The van der Waals surface area contributed by atoms with E-state index in [0.717, 1.165) is 0 Å². The number of ketones is 1. The summed E-state index contributed by atoms with van der Waals surface area (Å²) >= 11 is 0. The van der Waals surface area contributed by atoms with Crippen LogP contribution in [0.3, 0.4) is 0 Å². The number of carbonyl (C=O) groups excluding carboxylic acids is 1. The quantitative estimate of drug-likeness (QED) is 0.765. The van der Waals surface area contributed by atoms with Crippen LogP contribution in [0.25, 0.3) is 0 Å². The molecule has 1 aromatic carbocycles. The number of rotatable bonds is 6. The Morgan fingerprint density at radius 1 is 1.10 bits per heavy atom. The summed E-state index contributed by atoms with van der Waals surface area (Å²) in [6, 6.07) is 6.73. The lowest BCUT2D eigenvalue weighted by Gasteiger charge is -2.10. The van der Waals surface area contributed by atoms with Gasteiger partial charge in [0.1, 0.15) is 17.2 Å². The van der Waals surface area contributed by atoms with Crippen molar-refractivity contribution >= 4 is 5.78 Å². The van der Waals surface area contributed by atoms with Gasteiger partial charge in [0.15, 0.2) is 5.78 Å². The normalized spacial score (nSPS) is 10.0. The molecule has 2 rings (SSSR count). The van der Waals surface area contributed by atoms with Crippen LogP contribution in [0.1, 0.15) is 22.8 Å². The highest BCUT2D eigenvalue weighted by Gasteiger charge is 2.16. The van der Waals surface area contributed by atoms with Crippen molar-refractivity contribution < 1.29 is 19.0 Å². The first kappa shape index (κ1) is 14.8. The predicted octanol–water partition coefficient (Wildman–Crippen LogP) is 2.73. The van der Waals surface area contributed by atoms with Crippen molar-refractivity contribution in [1.29, 1.82) is 0 Å². The Morgan fingerprint density at radius 3 is 2.57 bits per heavy atom. The fourth-order valence-electron chi connectivity index (χ4n) is 1.93. The number of benzene rings is 1. The maximum atomic E-state index is 12.6. The molecule has 0 fully saturated rings. The molecule has 0 aliphatic carbocycles. The summed E-state index contributed by atoms with van der Waals surface area (Å²) in [7, 11) is 3.08. The summed E-state index contributed by atoms with van der Waals surface area (Å²) < 4.78 is 15.7. The molecule has 1 aromatic heterocycles. The lowest BCUT2D eigenvalue weighted by atomic mass is 10.0. The smallest absolute Gasteiger partial charge is 0.198 e. The molecule has 110 valence electrons. The SMILES string of the molecule is CCOc1cncc(C(=O)c2ccc(OC)cc2OC)c1. The van der Waals surface area contributed by atoms with Gasteiger partial charge in [-0.25, -0.2) is 0 Å². The topological polar surface area (TPSA) is 57.7 Å². The first-order chi connectivity index (χ1) is 10.2. The monoisotopic (exact) mass is 287 g/mol. The number of nitrogens with zero attached hydrogens (tertiary/aromatic N) is 1. The number of ether oxygens (including phenoxy) is 3. The predicted molar refractivity (Wildman–Crippen MR) is 78.4 cm³/mol. The second kappa shape index (κ2) is 6.74. The van der Waals surface area contributed by atoms with E-state index < -0.39 is 0 Å². The van der Waals surface area contributed by atoms with E-state index in [1.165, 1.54) is 13.3 Å². The standard InChI is InChI=1S/C16H17NO4/c1-4-21-13-7-11(9-17-10-13)16(18)14-6-5-12(19-2)8-15(14)20-3/h5-10H,4H2,1-3H3. The minimum absolute atomic E-state index is 0.177. The minimum atomic E-state index is -0.177. The van der Waals surface area contributed by atoms with Gasteiger partial charge in [-0.05, 0) is 25.1 Å². The molecule has 0 aliphatic rings. The Balaban J connectivity index is 2.37. The van der Waals surface area contributed by atoms with Gasteiger partial charge in [0.2, 0.25) is 0 Å². The lowest BCUT2D eigenvalue weighted by Crippen LogP contribution is -2.05. The number of pyridine rings is 1. The Morgan fingerprint density at radius 2 is 1.90 bits per heavy atom. The van der Waals surface area contributed by atoms with Crippen LogP contribution in [0.5, 0.6) is 17.2 Å². The molecular formula is C16H17NO4. The van der Waals surface area contributed by atoms with Crippen molar-refractivity contribution in [3.8, 4) is 17.2 Å². The fourth-order valence-corrected chi connectivity index (χ4v) is 1.93. The van der Waals surface area contributed by atoms with E-state index in [4.69, 9.17) is 14.2 Å². The molecule has 0 saturated carbocycles. The van der Waals surface area contributed by atoms with Gasteiger partial charge in [-0.3, -0.25) is 9.78 Å². The highest BCUT2D eigenvalue weighted by molar-refractivity contribution is 6.10. The molecule has 1 heterocycles. The van der Waals surface area contributed by atoms with Crippen molar-refractivity contribution in [3.05, 3.63) is 47.8 Å². The van der Waals surface area contributed by atoms with Crippen LogP contribution < -0.4 is 14.2 Å². The zero-order chi connectivity index (χ0) is 15.2. The van der Waals surface area contributed by atoms with Gasteiger partial charge >= 0.3 is 0 Å². The van der Waals surface area contributed by atoms with Gasteiger partial charge < -0.3 is 14.2 Å². The van der Waals surface area contributed by atoms with Crippen molar-refractivity contribution in [1.82, 2.24) is 4.98 Å². The summed E-state index contributed by atoms with van der Waals surface area (Å²) in [4.78, 5) is 16.6. The highest BCUT2D eigenvalue weighted by Crippen LogP contribution is 2.27. The average Bonchev–Trinajstić information content (AvgIpc) is 2.54. The molecule has 0 atom stereocenters. The third-order valence-electron chi connectivity index (χ3n) is 2.94. The van der Waals surface area contributed by atoms with Crippen molar-refractivity contribution in [2.75, 3.05) is 20.8 Å². The van der Waals surface area contributed by atoms with Crippen LogP contribution in [-0.4, -0.2) is 31.6 Å². The highest BCUT2D eigenvalue weighted by atomic mass is 16.5. The number of carbonyl (C=O) groups is 1. The van der Waals surface area contributed by atoms with E-state index in [9.17, 15) is 4.79 Å². The third kappa shape index (κ3) is 3.31. The molecule has 2 aromatic rings. The Kier molecular flexibility index (Phi) is 4.77. The van der Waals surface area contributed by atoms with Crippen molar-refractivity contribution in [3.63, 3.8) is 0 Å². The van der Waals surface area contributed by atoms with Crippen molar-refractivity contribution in [2.24, 2.45) is 0 Å². The van der Waals surface area contributed by atoms with Crippen LogP contribution in [0, 0.1) is 0 Å². The molecule has 21 heavy (non-hydrogen) atoms. The van der Waals surface area contributed by atoms with Gasteiger partial charge in [-0.2, -0.15) is 0 Å². The summed E-state index contributed by atoms with van der Waals surface area (Å²) in [6.07, 6.45) is 3.08. The second-order valence-electron chi connectivity index (χ2n) is 4.24. The first-order valence-corrected chi connectivity index (χ1v) is 6.54. The molecule has 0 aliphatic heterocycles. The van der Waals surface area contributed by atoms with E-state index >= 15 is 0 Å². The molecule has 0 radical (unpaired) electrons. The maximum Gasteiger partial charge on any atom is 0.198 e. The molecule has 0 amide bonds. The largest absolute Gasteiger partial charge is 0.497 e. The lowest BCUT2D eigenvalue weighted by molar-refractivity contribution is 0.103.